The molecular weight excluding hydrogens is 414 g/mol. The topological polar surface area (TPSA) is 89.8 Å². The Bertz CT molecular complexity index is 530. The summed E-state index contributed by atoms with van der Waals surface area (Å²) < 4.78 is 0. The van der Waals surface area contributed by atoms with Gasteiger partial charge < -0.3 is 20.6 Å². The van der Waals surface area contributed by atoms with E-state index in [0.717, 1.165) is 38.5 Å². The van der Waals surface area contributed by atoms with Crippen LogP contribution in [0.2, 0.25) is 0 Å². The van der Waals surface area contributed by atoms with E-state index in [9.17, 15) is 20.1 Å². The number of hydrogen-bond donors (Lipinski definition) is 4. The highest BCUT2D eigenvalue weighted by molar-refractivity contribution is 5.76. The van der Waals surface area contributed by atoms with Crippen molar-refractivity contribution in [2.45, 2.75) is 128 Å². The fourth-order valence-electron chi connectivity index (χ4n) is 3.67. The fourth-order valence-corrected chi connectivity index (χ4v) is 3.67. The average Bonchev–Trinajstić information content (AvgIpc) is 2.80. The summed E-state index contributed by atoms with van der Waals surface area (Å²) in [6, 6.07) is -0.759. The van der Waals surface area contributed by atoms with Crippen molar-refractivity contribution >= 4 is 5.91 Å². The normalized spacial score (nSPS) is 14.9. The lowest BCUT2D eigenvalue weighted by atomic mass is 10.0. The first-order valence-electron chi connectivity index (χ1n) is 13.2. The van der Waals surface area contributed by atoms with Crippen LogP contribution in [-0.2, 0) is 4.79 Å². The summed E-state index contributed by atoms with van der Waals surface area (Å²) >= 11 is 0. The van der Waals surface area contributed by atoms with Crippen LogP contribution in [0.25, 0.3) is 0 Å². The number of carbonyl (C=O) groups is 1. The average molecular weight is 466 g/mol. The number of allylic oxidation sites excluding steroid dienone is 5. The van der Waals surface area contributed by atoms with Crippen LogP contribution in [0.5, 0.6) is 0 Å². The second-order valence-electron chi connectivity index (χ2n) is 8.95. The van der Waals surface area contributed by atoms with Crippen LogP contribution in [0.4, 0.5) is 0 Å². The SMILES string of the molecule is C/C=C/CC/C=C/CC/C=C/C(O)C(CO)NC(=O)CC(O)CCCCCCCCCCC. The Morgan fingerprint density at radius 3 is 1.94 bits per heavy atom. The van der Waals surface area contributed by atoms with E-state index in [1.807, 2.05) is 19.1 Å². The molecule has 0 fully saturated rings. The molecule has 0 rings (SSSR count). The van der Waals surface area contributed by atoms with E-state index in [1.54, 1.807) is 6.08 Å². The molecule has 0 bridgehead atoms. The first kappa shape index (κ1) is 31.6. The maximum Gasteiger partial charge on any atom is 0.222 e. The predicted octanol–water partition coefficient (Wildman–Crippen LogP) is 5.75. The lowest BCUT2D eigenvalue weighted by Gasteiger charge is -2.21. The third-order valence-electron chi connectivity index (χ3n) is 5.75. The molecule has 5 heteroatoms. The highest BCUT2D eigenvalue weighted by atomic mass is 16.3. The van der Waals surface area contributed by atoms with Crippen molar-refractivity contribution in [3.8, 4) is 0 Å². The van der Waals surface area contributed by atoms with Crippen LogP contribution in [0.1, 0.15) is 110 Å². The zero-order valence-electron chi connectivity index (χ0n) is 21.3. The first-order chi connectivity index (χ1) is 16.0. The van der Waals surface area contributed by atoms with Crippen LogP contribution in [0.3, 0.4) is 0 Å². The van der Waals surface area contributed by atoms with Crippen LogP contribution < -0.4 is 5.32 Å². The maximum atomic E-state index is 12.2. The second-order valence-corrected chi connectivity index (χ2v) is 8.95. The number of nitrogens with one attached hydrogen (secondary N) is 1. The molecule has 0 aromatic carbocycles. The van der Waals surface area contributed by atoms with Crippen molar-refractivity contribution in [2.24, 2.45) is 0 Å². The molecule has 0 radical (unpaired) electrons. The van der Waals surface area contributed by atoms with Crippen LogP contribution in [-0.4, -0.2) is 46.1 Å². The molecule has 33 heavy (non-hydrogen) atoms. The van der Waals surface area contributed by atoms with Crippen molar-refractivity contribution in [1.29, 1.82) is 0 Å². The molecule has 0 aliphatic heterocycles. The highest BCUT2D eigenvalue weighted by Crippen LogP contribution is 2.12. The van der Waals surface area contributed by atoms with Crippen molar-refractivity contribution in [1.82, 2.24) is 5.32 Å². The van der Waals surface area contributed by atoms with Gasteiger partial charge in [0.1, 0.15) is 0 Å². The second kappa shape index (κ2) is 23.7. The first-order valence-corrected chi connectivity index (χ1v) is 13.2. The summed E-state index contributed by atoms with van der Waals surface area (Å²) in [6.07, 6.45) is 25.7. The van der Waals surface area contributed by atoms with Crippen molar-refractivity contribution < 1.29 is 20.1 Å². The van der Waals surface area contributed by atoms with Gasteiger partial charge >= 0.3 is 0 Å². The lowest BCUT2D eigenvalue weighted by Crippen LogP contribution is -2.45. The Labute approximate surface area is 203 Å². The van der Waals surface area contributed by atoms with E-state index < -0.39 is 18.2 Å². The van der Waals surface area contributed by atoms with Gasteiger partial charge in [-0.05, 0) is 39.0 Å². The summed E-state index contributed by atoms with van der Waals surface area (Å²) in [5.41, 5.74) is 0. The fraction of sp³-hybridized carbons (Fsp3) is 0.750. The lowest BCUT2D eigenvalue weighted by molar-refractivity contribution is -0.124. The van der Waals surface area contributed by atoms with Gasteiger partial charge in [0.25, 0.3) is 0 Å². The summed E-state index contributed by atoms with van der Waals surface area (Å²) in [7, 11) is 0. The molecule has 0 aliphatic carbocycles. The maximum absolute atomic E-state index is 12.2. The Morgan fingerprint density at radius 2 is 1.36 bits per heavy atom. The van der Waals surface area contributed by atoms with Gasteiger partial charge in [-0.15, -0.1) is 0 Å². The number of rotatable bonds is 22. The van der Waals surface area contributed by atoms with Gasteiger partial charge in [-0.25, -0.2) is 0 Å². The number of unbranched alkanes of at least 4 members (excludes halogenated alkanes) is 10. The minimum Gasteiger partial charge on any atom is -0.394 e. The molecule has 1 amide bonds. The third-order valence-corrected chi connectivity index (χ3v) is 5.75. The van der Waals surface area contributed by atoms with Crippen molar-refractivity contribution in [3.05, 3.63) is 36.5 Å². The molecule has 3 atom stereocenters. The van der Waals surface area contributed by atoms with Gasteiger partial charge in [-0.1, -0.05) is 101 Å². The summed E-state index contributed by atoms with van der Waals surface area (Å²) in [4.78, 5) is 12.2. The molecule has 5 nitrogen and oxygen atoms in total. The Hall–Kier alpha value is -1.43. The van der Waals surface area contributed by atoms with Gasteiger partial charge in [-0.2, -0.15) is 0 Å². The smallest absolute Gasteiger partial charge is 0.222 e. The van der Waals surface area contributed by atoms with Crippen LogP contribution in [0.15, 0.2) is 36.5 Å². The molecule has 0 aromatic heterocycles. The van der Waals surface area contributed by atoms with E-state index in [4.69, 9.17) is 0 Å². The van der Waals surface area contributed by atoms with E-state index in [2.05, 4.69) is 30.5 Å². The molecule has 0 heterocycles. The van der Waals surface area contributed by atoms with Gasteiger partial charge in [0.2, 0.25) is 5.91 Å². The van der Waals surface area contributed by atoms with Gasteiger partial charge in [0, 0.05) is 0 Å². The Kier molecular flexibility index (Phi) is 22.7. The number of aliphatic hydroxyl groups is 3. The molecule has 0 aromatic rings. The van der Waals surface area contributed by atoms with Crippen LogP contribution >= 0.6 is 0 Å². The molecular formula is C28H51NO4. The zero-order valence-corrected chi connectivity index (χ0v) is 21.3. The van der Waals surface area contributed by atoms with Crippen molar-refractivity contribution in [3.63, 3.8) is 0 Å². The number of hydrogen-bond acceptors (Lipinski definition) is 4. The van der Waals surface area contributed by atoms with Gasteiger partial charge in [0.15, 0.2) is 0 Å². The van der Waals surface area contributed by atoms with Gasteiger partial charge in [0.05, 0.1) is 31.3 Å². The zero-order chi connectivity index (χ0) is 24.6. The van der Waals surface area contributed by atoms with E-state index in [1.165, 1.54) is 44.9 Å². The van der Waals surface area contributed by atoms with E-state index >= 15 is 0 Å². The molecule has 4 N–H and O–H groups in total. The minimum absolute atomic E-state index is 0.00195. The van der Waals surface area contributed by atoms with E-state index in [0.29, 0.717) is 6.42 Å². The number of carbonyl (C=O) groups excluding carboxylic acids is 1. The van der Waals surface area contributed by atoms with Gasteiger partial charge in [-0.3, -0.25) is 4.79 Å². The predicted molar refractivity (Wildman–Crippen MR) is 139 cm³/mol. The summed E-state index contributed by atoms with van der Waals surface area (Å²) in [5.74, 6) is -0.339. The molecule has 0 saturated heterocycles. The molecule has 0 saturated carbocycles. The summed E-state index contributed by atoms with van der Waals surface area (Å²) in [5, 5.41) is 32.5. The quantitative estimate of drug-likeness (QED) is 0.121. The number of amides is 1. The standard InChI is InChI=1S/C28H51NO4/c1-3-5-7-9-11-13-15-17-19-21-25(31)23-28(33)29-26(24-30)27(32)22-20-18-16-14-12-10-8-6-4-2/h4,6,12,14,20,22,25-27,30-32H,3,5,7-11,13,15-19,21,23-24H2,1-2H3,(H,29,33)/b6-4+,14-12+,22-20+. The molecule has 0 spiro atoms. The highest BCUT2D eigenvalue weighted by Gasteiger charge is 2.19. The van der Waals surface area contributed by atoms with Crippen LogP contribution in [0, 0.1) is 0 Å². The van der Waals surface area contributed by atoms with Crippen molar-refractivity contribution in [2.75, 3.05) is 6.61 Å². The number of aliphatic hydroxyl groups excluding tert-OH is 3. The molecule has 192 valence electrons. The largest absolute Gasteiger partial charge is 0.394 e. The molecule has 3 unspecified atom stereocenters. The third kappa shape index (κ3) is 20.9. The Morgan fingerprint density at radius 1 is 0.818 bits per heavy atom. The summed E-state index contributed by atoms with van der Waals surface area (Å²) in [6.45, 7) is 3.89. The van der Waals surface area contributed by atoms with E-state index in [-0.39, 0.29) is 18.9 Å². The molecule has 0 aliphatic rings. The monoisotopic (exact) mass is 465 g/mol. The minimum atomic E-state index is -0.952. The Balaban J connectivity index is 3.95.